The molecule has 2 aliphatic heterocycles. The number of hydrogen-bond donors (Lipinski definition) is 2. The summed E-state index contributed by atoms with van der Waals surface area (Å²) >= 11 is 0. The lowest BCUT2D eigenvalue weighted by Gasteiger charge is -2.72. The fourth-order valence-electron chi connectivity index (χ4n) is 14.1. The zero-order valence-electron chi connectivity index (χ0n) is 33.1. The molecule has 8 rings (SSSR count). The molecule has 0 aromatic heterocycles. The van der Waals surface area contributed by atoms with Gasteiger partial charge in [-0.1, -0.05) is 65.3 Å². The standard InChI is InChI=1S/C42H61N3O4.C3H6/c1-38(2)31(28-8-10-29(11-9-28)36(46)47)14-18-39(3)34(38)15-19-41(5)35(39)13-12-32-33-7-6-17-42(33,21-20-40(32,41)4)43-37(48)45-24-22-44(23-25-45)30-16-26-49-27-30;1-3-2/h8-11,14,30,32-35H,6-7,12-13,15-27H2,1-5H3,(H,43,48)(H,46,47);3H,1H2,2H3/t30?,32?,33?,34?,35?,39?,40-,41?,42?;/m1./s1. The molecular formula is C45H67N3O4. The highest BCUT2D eigenvalue weighted by molar-refractivity contribution is 5.88. The van der Waals surface area contributed by atoms with Gasteiger partial charge >= 0.3 is 12.0 Å². The molecule has 0 spiro atoms. The zero-order valence-corrected chi connectivity index (χ0v) is 33.1. The molecule has 1 aromatic rings. The summed E-state index contributed by atoms with van der Waals surface area (Å²) in [6.07, 6.45) is 17.6. The quantitative estimate of drug-likeness (QED) is 0.304. The molecule has 52 heavy (non-hydrogen) atoms. The van der Waals surface area contributed by atoms with E-state index < -0.39 is 5.97 Å². The van der Waals surface area contributed by atoms with Gasteiger partial charge in [-0.15, -0.1) is 6.58 Å². The number of carbonyl (C=O) groups excluding carboxylic acids is 1. The number of fused-ring (bicyclic) bond motifs is 7. The molecule has 4 saturated carbocycles. The first-order chi connectivity index (χ1) is 24.7. The Kier molecular flexibility index (Phi) is 10.1. The van der Waals surface area contributed by atoms with E-state index in [1.54, 1.807) is 18.2 Å². The van der Waals surface area contributed by atoms with Gasteiger partial charge in [0.25, 0.3) is 0 Å². The van der Waals surface area contributed by atoms with Gasteiger partial charge in [0.15, 0.2) is 0 Å². The summed E-state index contributed by atoms with van der Waals surface area (Å²) in [5, 5.41) is 13.3. The number of ether oxygens (including phenoxy) is 1. The van der Waals surface area contributed by atoms with E-state index in [0.717, 1.165) is 65.1 Å². The first-order valence-electron chi connectivity index (χ1n) is 20.7. The molecule has 7 aliphatic rings. The molecule has 6 fully saturated rings. The van der Waals surface area contributed by atoms with Crippen molar-refractivity contribution in [2.45, 2.75) is 124 Å². The SMILES string of the molecule is C=CC.CC1(C)C(c2ccc(C(=O)O)cc2)=CCC2(C)C1CCC1(C)C2CCC2C3CCCC3(NC(=O)N3CCN(C4CCOC4)CC3)CC[C@]21C. The molecule has 5 aliphatic carbocycles. The third-order valence-electron chi connectivity index (χ3n) is 16.8. The van der Waals surface area contributed by atoms with Crippen molar-refractivity contribution in [1.29, 1.82) is 0 Å². The van der Waals surface area contributed by atoms with Crippen molar-refractivity contribution in [1.82, 2.24) is 15.1 Å². The minimum Gasteiger partial charge on any atom is -0.478 e. The fraction of sp³-hybridized carbons (Fsp3) is 0.733. The Labute approximate surface area is 314 Å². The Hall–Kier alpha value is -2.64. The lowest BCUT2D eigenvalue weighted by molar-refractivity contribution is -0.216. The molecule has 2 heterocycles. The van der Waals surface area contributed by atoms with Crippen LogP contribution in [0.3, 0.4) is 0 Å². The van der Waals surface area contributed by atoms with E-state index in [0.29, 0.717) is 35.3 Å². The van der Waals surface area contributed by atoms with Gasteiger partial charge in [-0.25, -0.2) is 9.59 Å². The number of hydrogen-bond acceptors (Lipinski definition) is 4. The topological polar surface area (TPSA) is 82.1 Å². The van der Waals surface area contributed by atoms with Crippen molar-refractivity contribution in [3.63, 3.8) is 0 Å². The van der Waals surface area contributed by atoms with Crippen LogP contribution in [0.25, 0.3) is 5.57 Å². The molecule has 2 amide bonds. The minimum absolute atomic E-state index is 0.0185. The summed E-state index contributed by atoms with van der Waals surface area (Å²) in [7, 11) is 0. The molecule has 286 valence electrons. The molecule has 0 radical (unpaired) electrons. The second kappa shape index (κ2) is 13.9. The molecule has 1 aromatic carbocycles. The van der Waals surface area contributed by atoms with Gasteiger partial charge in [0.2, 0.25) is 0 Å². The highest BCUT2D eigenvalue weighted by Crippen LogP contribution is 2.76. The second-order valence-corrected chi connectivity index (χ2v) is 19.1. The summed E-state index contributed by atoms with van der Waals surface area (Å²) in [5.74, 6) is 1.65. The Balaban J connectivity index is 0.00000136. The number of allylic oxidation sites excluding steroid dienone is 3. The summed E-state index contributed by atoms with van der Waals surface area (Å²) in [6, 6.07) is 8.31. The van der Waals surface area contributed by atoms with Crippen LogP contribution >= 0.6 is 0 Å². The predicted octanol–water partition coefficient (Wildman–Crippen LogP) is 9.29. The van der Waals surface area contributed by atoms with Crippen LogP contribution in [0.2, 0.25) is 0 Å². The Bertz CT molecular complexity index is 1540. The number of urea groups is 1. The van der Waals surface area contributed by atoms with Gasteiger partial charge < -0.3 is 20.1 Å². The van der Waals surface area contributed by atoms with E-state index in [4.69, 9.17) is 4.74 Å². The second-order valence-electron chi connectivity index (χ2n) is 19.1. The lowest BCUT2D eigenvalue weighted by Crippen LogP contribution is -2.68. The molecule has 8 unspecified atom stereocenters. The highest BCUT2D eigenvalue weighted by atomic mass is 16.5. The number of rotatable bonds is 4. The van der Waals surface area contributed by atoms with Crippen molar-refractivity contribution in [2.24, 2.45) is 45.3 Å². The zero-order chi connectivity index (χ0) is 37.1. The van der Waals surface area contributed by atoms with Crippen LogP contribution in [-0.2, 0) is 4.74 Å². The molecule has 7 heteroatoms. The Morgan fingerprint density at radius 3 is 2.23 bits per heavy atom. The van der Waals surface area contributed by atoms with E-state index in [-0.39, 0.29) is 33.2 Å². The van der Waals surface area contributed by atoms with Gasteiger partial charge in [0, 0.05) is 44.4 Å². The number of carboxylic acid groups (broad SMARTS) is 1. The third-order valence-corrected chi connectivity index (χ3v) is 16.8. The molecule has 2 N–H and O–H groups in total. The van der Waals surface area contributed by atoms with Crippen LogP contribution in [0.1, 0.15) is 128 Å². The summed E-state index contributed by atoms with van der Waals surface area (Å²) < 4.78 is 5.64. The smallest absolute Gasteiger partial charge is 0.335 e. The first kappa shape index (κ1) is 37.7. The molecule has 2 saturated heterocycles. The minimum atomic E-state index is -0.865. The monoisotopic (exact) mass is 714 g/mol. The molecule has 0 bridgehead atoms. The largest absolute Gasteiger partial charge is 0.478 e. The Morgan fingerprint density at radius 1 is 0.865 bits per heavy atom. The number of benzene rings is 1. The van der Waals surface area contributed by atoms with E-state index in [2.05, 4.69) is 62.4 Å². The maximum Gasteiger partial charge on any atom is 0.335 e. The van der Waals surface area contributed by atoms with Crippen molar-refractivity contribution in [3.8, 4) is 0 Å². The predicted molar refractivity (Wildman–Crippen MR) is 209 cm³/mol. The number of piperazine rings is 1. The van der Waals surface area contributed by atoms with Gasteiger partial charge in [0.1, 0.15) is 0 Å². The van der Waals surface area contributed by atoms with Crippen molar-refractivity contribution in [2.75, 3.05) is 39.4 Å². The van der Waals surface area contributed by atoms with Crippen LogP contribution in [0, 0.1) is 45.3 Å². The van der Waals surface area contributed by atoms with E-state index in [1.807, 2.05) is 19.1 Å². The highest BCUT2D eigenvalue weighted by Gasteiger charge is 2.69. The van der Waals surface area contributed by atoms with E-state index in [9.17, 15) is 14.7 Å². The Morgan fingerprint density at radius 2 is 1.58 bits per heavy atom. The van der Waals surface area contributed by atoms with Crippen LogP contribution in [-0.4, -0.2) is 77.9 Å². The average Bonchev–Trinajstić information content (AvgIpc) is 3.80. The van der Waals surface area contributed by atoms with Gasteiger partial charge in [-0.05, 0) is 140 Å². The van der Waals surface area contributed by atoms with Gasteiger partial charge in [0.05, 0.1) is 12.2 Å². The first-order valence-corrected chi connectivity index (χ1v) is 20.7. The van der Waals surface area contributed by atoms with Crippen LogP contribution in [0.4, 0.5) is 4.79 Å². The maximum absolute atomic E-state index is 13.9. The van der Waals surface area contributed by atoms with Crippen molar-refractivity contribution < 1.29 is 19.4 Å². The normalized spacial score (nSPS) is 40.8. The van der Waals surface area contributed by atoms with Crippen molar-refractivity contribution >= 4 is 17.6 Å². The summed E-state index contributed by atoms with van der Waals surface area (Å²) in [4.78, 5) is 30.1. The van der Waals surface area contributed by atoms with Crippen LogP contribution in [0.15, 0.2) is 43.0 Å². The summed E-state index contributed by atoms with van der Waals surface area (Å²) in [5.41, 5.74) is 3.71. The lowest BCUT2D eigenvalue weighted by atomic mass is 9.33. The molecule has 7 nitrogen and oxygen atoms in total. The van der Waals surface area contributed by atoms with Gasteiger partial charge in [-0.3, -0.25) is 4.90 Å². The maximum atomic E-state index is 13.9. The number of amides is 2. The number of carbonyl (C=O) groups is 2. The van der Waals surface area contributed by atoms with Crippen LogP contribution in [0.5, 0.6) is 0 Å². The van der Waals surface area contributed by atoms with Crippen molar-refractivity contribution in [3.05, 3.63) is 54.1 Å². The average molecular weight is 714 g/mol. The van der Waals surface area contributed by atoms with Crippen LogP contribution < -0.4 is 5.32 Å². The molecular weight excluding hydrogens is 647 g/mol. The van der Waals surface area contributed by atoms with E-state index in [1.165, 1.54) is 56.1 Å². The fourth-order valence-corrected chi connectivity index (χ4v) is 14.1. The number of nitrogens with zero attached hydrogens (tertiary/aromatic N) is 2. The van der Waals surface area contributed by atoms with Gasteiger partial charge in [-0.2, -0.15) is 0 Å². The number of aromatic carboxylic acids is 1. The summed E-state index contributed by atoms with van der Waals surface area (Å²) in [6.45, 7) is 23.5. The number of nitrogens with one attached hydrogen (secondary N) is 1. The third kappa shape index (κ3) is 5.90. The molecule has 9 atom stereocenters. The number of carboxylic acids is 1. The van der Waals surface area contributed by atoms with E-state index >= 15 is 0 Å².